The molecule has 10 nitrogen and oxygen atoms in total. The molecule has 3 N–H and O–H groups in total. The second-order valence-electron chi connectivity index (χ2n) is 10.6. The molecule has 218 valence electrons. The molecular weight excluding hydrogens is 536 g/mol. The van der Waals surface area contributed by atoms with E-state index in [-0.39, 0.29) is 42.0 Å². The number of nitrogens with one attached hydrogen (secondary N) is 3. The van der Waals surface area contributed by atoms with Crippen molar-refractivity contribution in [3.63, 3.8) is 0 Å². The number of benzene rings is 1. The van der Waals surface area contributed by atoms with Gasteiger partial charge in [0.05, 0.1) is 36.6 Å². The van der Waals surface area contributed by atoms with Gasteiger partial charge in [0.25, 0.3) is 0 Å². The van der Waals surface area contributed by atoms with Gasteiger partial charge in [0.2, 0.25) is 5.91 Å². The third-order valence-electron chi connectivity index (χ3n) is 7.87. The Hall–Kier alpha value is -4.22. The first-order valence-electron chi connectivity index (χ1n) is 13.7. The minimum atomic E-state index is -1.03. The third-order valence-corrected chi connectivity index (χ3v) is 7.87. The van der Waals surface area contributed by atoms with E-state index < -0.39 is 36.0 Å². The smallest absolute Gasteiger partial charge is 0.411 e. The van der Waals surface area contributed by atoms with Crippen molar-refractivity contribution in [3.8, 4) is 0 Å². The summed E-state index contributed by atoms with van der Waals surface area (Å²) in [6, 6.07) is 1.66. The lowest BCUT2D eigenvalue weighted by Crippen LogP contribution is -2.42. The lowest BCUT2D eigenvalue weighted by molar-refractivity contribution is -0.123. The Morgan fingerprint density at radius 2 is 2.02 bits per heavy atom. The average molecular weight is 570 g/mol. The Morgan fingerprint density at radius 1 is 1.22 bits per heavy atom. The molecule has 0 radical (unpaired) electrons. The number of cyclic esters (lactones) is 1. The van der Waals surface area contributed by atoms with E-state index in [0.29, 0.717) is 48.5 Å². The van der Waals surface area contributed by atoms with Crippen LogP contribution in [-0.4, -0.2) is 52.7 Å². The van der Waals surface area contributed by atoms with Crippen LogP contribution in [0.3, 0.4) is 0 Å². The van der Waals surface area contributed by atoms with Gasteiger partial charge in [-0.25, -0.2) is 23.4 Å². The Balaban J connectivity index is 1.41. The van der Waals surface area contributed by atoms with Gasteiger partial charge in [-0.15, -0.1) is 0 Å². The van der Waals surface area contributed by atoms with Crippen molar-refractivity contribution in [2.24, 2.45) is 5.92 Å². The molecule has 1 fully saturated rings. The van der Waals surface area contributed by atoms with Crippen molar-refractivity contribution < 1.29 is 32.6 Å². The Labute approximate surface area is 236 Å². The van der Waals surface area contributed by atoms with Gasteiger partial charge >= 0.3 is 12.2 Å². The standard InChI is InChI=1S/C29H33F2N5O5/c1-15-7-10-19(30)24(25(15)31)23-11-12-36(29(39)41-23)22-6-4-5-16(2)27(37)35-20-13-17(33-28(38)40-3)8-9-18(20)21-14-32-26(22)34-21/h7,9-10,13-14,16-17,22-23H,4-6,8,11-12H2,1-3H3,(H,32,34)(H,33,38)(H,35,37). The number of fused-ring (bicyclic) bond motifs is 4. The molecule has 0 saturated carbocycles. The zero-order chi connectivity index (χ0) is 29.3. The summed E-state index contributed by atoms with van der Waals surface area (Å²) in [5.41, 5.74) is 1.91. The van der Waals surface area contributed by atoms with E-state index in [9.17, 15) is 23.2 Å². The Morgan fingerprint density at radius 3 is 2.78 bits per heavy atom. The van der Waals surface area contributed by atoms with Crippen LogP contribution in [0.1, 0.15) is 73.8 Å². The quantitative estimate of drug-likeness (QED) is 0.480. The number of aromatic nitrogens is 2. The molecule has 3 amide bonds. The average Bonchev–Trinajstić information content (AvgIpc) is 3.43. The maximum absolute atomic E-state index is 14.8. The van der Waals surface area contributed by atoms with Crippen molar-refractivity contribution in [2.75, 3.05) is 13.7 Å². The summed E-state index contributed by atoms with van der Waals surface area (Å²) >= 11 is 0. The van der Waals surface area contributed by atoms with E-state index in [0.717, 1.165) is 0 Å². The number of aryl methyl sites for hydroxylation is 1. The van der Waals surface area contributed by atoms with Crippen LogP contribution in [-0.2, 0) is 14.3 Å². The van der Waals surface area contributed by atoms with Gasteiger partial charge in [-0.1, -0.05) is 25.5 Å². The number of rotatable bonds is 3. The molecule has 4 atom stereocenters. The highest BCUT2D eigenvalue weighted by molar-refractivity contribution is 5.88. The number of halogens is 2. The molecule has 2 aliphatic heterocycles. The monoisotopic (exact) mass is 569 g/mol. The predicted octanol–water partition coefficient (Wildman–Crippen LogP) is 4.95. The van der Waals surface area contributed by atoms with Crippen molar-refractivity contribution in [3.05, 3.63) is 70.5 Å². The summed E-state index contributed by atoms with van der Waals surface area (Å²) in [6.07, 6.45) is 5.34. The molecule has 3 heterocycles. The van der Waals surface area contributed by atoms with E-state index >= 15 is 0 Å². The predicted molar refractivity (Wildman–Crippen MR) is 144 cm³/mol. The van der Waals surface area contributed by atoms with Gasteiger partial charge in [-0.3, -0.25) is 9.69 Å². The molecule has 1 aromatic heterocycles. The molecule has 1 aliphatic carbocycles. The first-order valence-corrected chi connectivity index (χ1v) is 13.7. The van der Waals surface area contributed by atoms with E-state index in [1.807, 2.05) is 13.0 Å². The number of ether oxygens (including phenoxy) is 2. The summed E-state index contributed by atoms with van der Waals surface area (Å²) in [5, 5.41) is 5.72. The van der Waals surface area contributed by atoms with E-state index in [1.165, 1.54) is 31.1 Å². The molecule has 41 heavy (non-hydrogen) atoms. The van der Waals surface area contributed by atoms with Gasteiger partial charge in [-0.05, 0) is 43.9 Å². The number of allylic oxidation sites excluding steroid dienone is 1. The van der Waals surface area contributed by atoms with Crippen LogP contribution in [0, 0.1) is 24.5 Å². The normalized spacial score (nSPS) is 25.0. The Bertz CT molecular complexity index is 1420. The van der Waals surface area contributed by atoms with Crippen LogP contribution in [0.5, 0.6) is 0 Å². The number of H-pyrrole nitrogens is 1. The van der Waals surface area contributed by atoms with Crippen LogP contribution < -0.4 is 10.6 Å². The van der Waals surface area contributed by atoms with Crippen molar-refractivity contribution in [1.29, 1.82) is 0 Å². The fourth-order valence-electron chi connectivity index (χ4n) is 5.53. The third kappa shape index (κ3) is 5.82. The number of imidazole rings is 1. The SMILES string of the molecule is COC(=O)NC1C=C2NC(=O)C(C)CCCC(N3CCC(c4c(F)ccc(C)c4F)OC3=O)c3ncc([nH]3)C2=CC1. The number of hydrogen-bond acceptors (Lipinski definition) is 6. The number of aromatic amines is 1. The summed E-state index contributed by atoms with van der Waals surface area (Å²) in [4.78, 5) is 47.5. The van der Waals surface area contributed by atoms with Gasteiger partial charge < -0.3 is 25.1 Å². The van der Waals surface area contributed by atoms with Crippen LogP contribution in [0.25, 0.3) is 5.57 Å². The Kier molecular flexibility index (Phi) is 8.09. The number of amides is 3. The number of nitrogens with zero attached hydrogens (tertiary/aromatic N) is 2. The van der Waals surface area contributed by atoms with Crippen LogP contribution in [0.4, 0.5) is 18.4 Å². The van der Waals surface area contributed by atoms with E-state index in [2.05, 4.69) is 20.6 Å². The molecule has 2 aromatic rings. The van der Waals surface area contributed by atoms with Gasteiger partial charge in [0.15, 0.2) is 0 Å². The van der Waals surface area contributed by atoms with Gasteiger partial charge in [-0.2, -0.15) is 0 Å². The van der Waals surface area contributed by atoms with Crippen LogP contribution in [0.15, 0.2) is 36.2 Å². The van der Waals surface area contributed by atoms with E-state index in [1.54, 1.807) is 12.3 Å². The van der Waals surface area contributed by atoms with E-state index in [4.69, 9.17) is 9.47 Å². The summed E-state index contributed by atoms with van der Waals surface area (Å²) in [6.45, 7) is 3.58. The van der Waals surface area contributed by atoms with Gasteiger partial charge in [0, 0.05) is 30.2 Å². The summed E-state index contributed by atoms with van der Waals surface area (Å²) in [7, 11) is 1.28. The maximum atomic E-state index is 14.8. The lowest BCUT2D eigenvalue weighted by Gasteiger charge is -2.37. The molecule has 5 rings (SSSR count). The van der Waals surface area contributed by atoms with Crippen molar-refractivity contribution in [1.82, 2.24) is 25.5 Å². The second kappa shape index (κ2) is 11.7. The zero-order valence-corrected chi connectivity index (χ0v) is 23.1. The van der Waals surface area contributed by atoms with Crippen LogP contribution >= 0.6 is 0 Å². The highest BCUT2D eigenvalue weighted by atomic mass is 19.1. The zero-order valence-electron chi connectivity index (χ0n) is 23.1. The first kappa shape index (κ1) is 28.3. The van der Waals surface area contributed by atoms with Crippen molar-refractivity contribution >= 4 is 23.7 Å². The molecule has 0 spiro atoms. The van der Waals surface area contributed by atoms with Crippen LogP contribution in [0.2, 0.25) is 0 Å². The summed E-state index contributed by atoms with van der Waals surface area (Å²) in [5.74, 6) is -1.41. The molecular formula is C29H33F2N5O5. The van der Waals surface area contributed by atoms with Crippen molar-refractivity contribution in [2.45, 2.75) is 64.1 Å². The number of methoxy groups -OCH3 is 1. The molecule has 12 heteroatoms. The number of alkyl carbamates (subject to hydrolysis) is 1. The second-order valence-corrected chi connectivity index (χ2v) is 10.6. The highest BCUT2D eigenvalue weighted by Gasteiger charge is 2.37. The molecule has 3 aliphatic rings. The molecule has 1 aromatic carbocycles. The maximum Gasteiger partial charge on any atom is 0.411 e. The fraction of sp³-hybridized carbons (Fsp3) is 0.448. The number of carbonyl (C=O) groups is 3. The molecule has 1 saturated heterocycles. The first-order chi connectivity index (χ1) is 19.7. The minimum absolute atomic E-state index is 0.167. The summed E-state index contributed by atoms with van der Waals surface area (Å²) < 4.78 is 39.6. The highest BCUT2D eigenvalue weighted by Crippen LogP contribution is 2.37. The van der Waals surface area contributed by atoms with Gasteiger partial charge in [0.1, 0.15) is 23.6 Å². The largest absolute Gasteiger partial charge is 0.453 e. The number of carbonyl (C=O) groups excluding carboxylic acids is 3. The fourth-order valence-corrected chi connectivity index (χ4v) is 5.53. The topological polar surface area (TPSA) is 126 Å². The minimum Gasteiger partial charge on any atom is -0.453 e. The number of hydrogen-bond donors (Lipinski definition) is 3. The molecule has 4 unspecified atom stereocenters. The molecule has 2 bridgehead atoms. The lowest BCUT2D eigenvalue weighted by atomic mass is 9.95.